The van der Waals surface area contributed by atoms with Crippen LogP contribution in [0.3, 0.4) is 0 Å². The van der Waals surface area contributed by atoms with Crippen molar-refractivity contribution in [2.45, 2.75) is 20.3 Å². The highest BCUT2D eigenvalue weighted by Crippen LogP contribution is 2.16. The Kier molecular flexibility index (Phi) is 4.97. The van der Waals surface area contributed by atoms with E-state index in [1.54, 1.807) is 6.08 Å². The molecule has 0 heterocycles. The Morgan fingerprint density at radius 1 is 1.55 bits per heavy atom. The molecule has 1 heteroatoms. The van der Waals surface area contributed by atoms with E-state index < -0.39 is 0 Å². The van der Waals surface area contributed by atoms with Crippen molar-refractivity contribution in [3.05, 3.63) is 35.9 Å². The van der Waals surface area contributed by atoms with Gasteiger partial charge in [-0.3, -0.25) is 0 Å². The van der Waals surface area contributed by atoms with Crippen LogP contribution in [0.15, 0.2) is 35.9 Å². The average molecular weight is 171 g/mol. The van der Waals surface area contributed by atoms with Crippen molar-refractivity contribution >= 4 is 11.6 Å². The minimum absolute atomic E-state index is 0.411. The normalized spacial score (nSPS) is 11.8. The van der Waals surface area contributed by atoms with Crippen LogP contribution in [0.1, 0.15) is 20.3 Å². The van der Waals surface area contributed by atoms with Gasteiger partial charge in [0.2, 0.25) is 0 Å². The van der Waals surface area contributed by atoms with Crippen LogP contribution in [0.5, 0.6) is 0 Å². The van der Waals surface area contributed by atoms with Gasteiger partial charge in [-0.2, -0.15) is 0 Å². The van der Waals surface area contributed by atoms with Gasteiger partial charge < -0.3 is 0 Å². The molecule has 0 aromatic carbocycles. The summed E-state index contributed by atoms with van der Waals surface area (Å²) in [7, 11) is 0. The summed E-state index contributed by atoms with van der Waals surface area (Å²) in [5.74, 6) is 0.411. The molecule has 0 nitrogen and oxygen atoms in total. The van der Waals surface area contributed by atoms with E-state index in [0.29, 0.717) is 5.92 Å². The molecule has 0 aromatic heterocycles. The summed E-state index contributed by atoms with van der Waals surface area (Å²) in [4.78, 5) is 0. The van der Waals surface area contributed by atoms with E-state index >= 15 is 0 Å². The zero-order valence-electron chi connectivity index (χ0n) is 7.23. The summed E-state index contributed by atoms with van der Waals surface area (Å²) in [6.45, 7) is 11.5. The van der Waals surface area contributed by atoms with Gasteiger partial charge in [0.05, 0.1) is 0 Å². The van der Waals surface area contributed by atoms with Crippen LogP contribution < -0.4 is 0 Å². The maximum Gasteiger partial charge on any atom is 0.0169 e. The van der Waals surface area contributed by atoms with Crippen LogP contribution in [0.4, 0.5) is 0 Å². The predicted octanol–water partition coefficient (Wildman–Crippen LogP) is 3.90. The molecule has 11 heavy (non-hydrogen) atoms. The van der Waals surface area contributed by atoms with Crippen molar-refractivity contribution in [1.29, 1.82) is 0 Å². The zero-order chi connectivity index (χ0) is 8.85. The lowest BCUT2D eigenvalue weighted by atomic mass is 10.1. The SMILES string of the molecule is C=CC(=C)CC=C(Cl)C(C)C. The van der Waals surface area contributed by atoms with E-state index in [-0.39, 0.29) is 0 Å². The predicted molar refractivity (Wildman–Crippen MR) is 52.7 cm³/mol. The van der Waals surface area contributed by atoms with Crippen molar-refractivity contribution < 1.29 is 0 Å². The molecule has 0 aliphatic rings. The quantitative estimate of drug-likeness (QED) is 0.562. The first-order chi connectivity index (χ1) is 5.07. The third kappa shape index (κ3) is 4.86. The van der Waals surface area contributed by atoms with Crippen molar-refractivity contribution in [2.24, 2.45) is 5.92 Å². The fourth-order valence-electron chi connectivity index (χ4n) is 0.548. The molecule has 0 bridgehead atoms. The van der Waals surface area contributed by atoms with Crippen molar-refractivity contribution in [3.63, 3.8) is 0 Å². The average Bonchev–Trinajstić information content (AvgIpc) is 1.99. The Balaban J connectivity index is 3.92. The Morgan fingerprint density at radius 2 is 2.09 bits per heavy atom. The number of halogens is 1. The van der Waals surface area contributed by atoms with Gasteiger partial charge in [0.1, 0.15) is 0 Å². The molecule has 0 amide bonds. The second-order valence-corrected chi connectivity index (χ2v) is 3.25. The summed E-state index contributed by atoms with van der Waals surface area (Å²) in [6, 6.07) is 0. The van der Waals surface area contributed by atoms with Crippen LogP contribution in [0.25, 0.3) is 0 Å². The third-order valence-corrected chi connectivity index (χ3v) is 1.99. The number of hydrogen-bond acceptors (Lipinski definition) is 0. The lowest BCUT2D eigenvalue weighted by molar-refractivity contribution is 0.808. The zero-order valence-corrected chi connectivity index (χ0v) is 7.99. The van der Waals surface area contributed by atoms with E-state index in [9.17, 15) is 0 Å². The minimum atomic E-state index is 0.411. The van der Waals surface area contributed by atoms with Gasteiger partial charge in [0.15, 0.2) is 0 Å². The molecule has 0 aliphatic heterocycles. The van der Waals surface area contributed by atoms with Crippen LogP contribution in [-0.4, -0.2) is 0 Å². The standard InChI is InChI=1S/C10H15Cl/c1-5-9(4)6-7-10(11)8(2)3/h5,7-8H,1,4,6H2,2-3H3. The van der Waals surface area contributed by atoms with E-state index in [1.165, 1.54) is 0 Å². The first-order valence-corrected chi connectivity index (χ1v) is 4.11. The molecule has 0 saturated heterocycles. The molecule has 0 saturated carbocycles. The first-order valence-electron chi connectivity index (χ1n) is 3.73. The molecule has 0 spiro atoms. The van der Waals surface area contributed by atoms with Gasteiger partial charge in [0, 0.05) is 5.03 Å². The maximum absolute atomic E-state index is 5.90. The molecule has 62 valence electrons. The van der Waals surface area contributed by atoms with E-state index in [1.807, 2.05) is 6.08 Å². The molecule has 0 N–H and O–H groups in total. The lowest BCUT2D eigenvalue weighted by Crippen LogP contribution is -1.85. The van der Waals surface area contributed by atoms with Crippen molar-refractivity contribution in [2.75, 3.05) is 0 Å². The summed E-state index contributed by atoms with van der Waals surface area (Å²) >= 11 is 5.90. The van der Waals surface area contributed by atoms with Gasteiger partial charge in [-0.1, -0.05) is 56.3 Å². The van der Waals surface area contributed by atoms with E-state index in [4.69, 9.17) is 11.6 Å². The molecular weight excluding hydrogens is 156 g/mol. The van der Waals surface area contributed by atoms with Crippen LogP contribution in [0.2, 0.25) is 0 Å². The van der Waals surface area contributed by atoms with E-state index in [2.05, 4.69) is 27.0 Å². The highest BCUT2D eigenvalue weighted by molar-refractivity contribution is 6.29. The lowest BCUT2D eigenvalue weighted by Gasteiger charge is -2.01. The maximum atomic E-state index is 5.90. The van der Waals surface area contributed by atoms with Crippen LogP contribution in [-0.2, 0) is 0 Å². The molecule has 0 rings (SSSR count). The number of rotatable bonds is 4. The second-order valence-electron chi connectivity index (χ2n) is 2.81. The van der Waals surface area contributed by atoms with Crippen LogP contribution in [0, 0.1) is 5.92 Å². The molecule has 0 radical (unpaired) electrons. The van der Waals surface area contributed by atoms with E-state index in [0.717, 1.165) is 17.0 Å². The van der Waals surface area contributed by atoms with Crippen LogP contribution >= 0.6 is 11.6 Å². The van der Waals surface area contributed by atoms with Crippen molar-refractivity contribution in [1.82, 2.24) is 0 Å². The fourth-order valence-corrected chi connectivity index (χ4v) is 0.625. The number of hydrogen-bond donors (Lipinski definition) is 0. The smallest absolute Gasteiger partial charge is 0.0169 e. The molecule has 0 fully saturated rings. The first kappa shape index (κ1) is 10.5. The van der Waals surface area contributed by atoms with Gasteiger partial charge in [-0.15, -0.1) is 0 Å². The minimum Gasteiger partial charge on any atom is -0.0988 e. The summed E-state index contributed by atoms with van der Waals surface area (Å²) in [5.41, 5.74) is 1.00. The monoisotopic (exact) mass is 170 g/mol. The second kappa shape index (κ2) is 5.20. The summed E-state index contributed by atoms with van der Waals surface area (Å²) < 4.78 is 0. The highest BCUT2D eigenvalue weighted by atomic mass is 35.5. The Morgan fingerprint density at radius 3 is 2.45 bits per heavy atom. The Labute approximate surface area is 74.3 Å². The summed E-state index contributed by atoms with van der Waals surface area (Å²) in [6.07, 6.45) is 4.54. The third-order valence-electron chi connectivity index (χ3n) is 1.40. The van der Waals surface area contributed by atoms with Gasteiger partial charge in [-0.25, -0.2) is 0 Å². The van der Waals surface area contributed by atoms with Gasteiger partial charge in [0.25, 0.3) is 0 Å². The molecule has 0 aromatic rings. The topological polar surface area (TPSA) is 0 Å². The molecule has 0 atom stereocenters. The Hall–Kier alpha value is -0.490. The Bertz CT molecular complexity index is 175. The number of allylic oxidation sites excluding steroid dienone is 4. The van der Waals surface area contributed by atoms with Gasteiger partial charge in [-0.05, 0) is 12.3 Å². The molecular formula is C10H15Cl. The van der Waals surface area contributed by atoms with Crippen molar-refractivity contribution in [3.8, 4) is 0 Å². The van der Waals surface area contributed by atoms with Gasteiger partial charge >= 0.3 is 0 Å². The molecule has 0 aliphatic carbocycles. The molecule has 0 unspecified atom stereocenters. The summed E-state index contributed by atoms with van der Waals surface area (Å²) in [5, 5.41) is 0.896. The fraction of sp³-hybridized carbons (Fsp3) is 0.400. The highest BCUT2D eigenvalue weighted by Gasteiger charge is 1.97. The largest absolute Gasteiger partial charge is 0.0988 e.